The Balaban J connectivity index is 1.69. The van der Waals surface area contributed by atoms with Gasteiger partial charge in [-0.3, -0.25) is 9.59 Å². The van der Waals surface area contributed by atoms with Crippen LogP contribution in [0.5, 0.6) is 0 Å². The van der Waals surface area contributed by atoms with Gasteiger partial charge in [0, 0.05) is 32.4 Å². The minimum absolute atomic E-state index is 0.0952. The molecule has 1 saturated carbocycles. The van der Waals surface area contributed by atoms with Crippen LogP contribution in [-0.2, 0) is 20.9 Å². The highest BCUT2D eigenvalue weighted by Gasteiger charge is 2.47. The van der Waals surface area contributed by atoms with Gasteiger partial charge in [0.15, 0.2) is 0 Å². The Hall–Kier alpha value is -1.95. The second kappa shape index (κ2) is 7.89. The summed E-state index contributed by atoms with van der Waals surface area (Å²) in [6.45, 7) is 1.29. The highest BCUT2D eigenvalue weighted by molar-refractivity contribution is 5.92. The van der Waals surface area contributed by atoms with E-state index in [0.717, 1.165) is 6.42 Å². The number of nitrogens with one attached hydrogen (secondary N) is 2. The average Bonchev–Trinajstić information content (AvgIpc) is 3.31. The first kappa shape index (κ1) is 16.4. The van der Waals surface area contributed by atoms with Crippen molar-refractivity contribution in [2.75, 3.05) is 20.3 Å². The van der Waals surface area contributed by atoms with E-state index in [1.54, 1.807) is 25.3 Å². The molecule has 1 aliphatic rings. The van der Waals surface area contributed by atoms with E-state index in [4.69, 9.17) is 4.74 Å². The lowest BCUT2D eigenvalue weighted by molar-refractivity contribution is -0.127. The lowest BCUT2D eigenvalue weighted by Gasteiger charge is -2.07. The van der Waals surface area contributed by atoms with Gasteiger partial charge in [0.2, 0.25) is 11.8 Å². The van der Waals surface area contributed by atoms with E-state index in [9.17, 15) is 14.0 Å². The van der Waals surface area contributed by atoms with Crippen LogP contribution in [0.4, 0.5) is 4.39 Å². The summed E-state index contributed by atoms with van der Waals surface area (Å²) >= 11 is 0. The summed E-state index contributed by atoms with van der Waals surface area (Å²) in [4.78, 5) is 23.8. The first-order valence-corrected chi connectivity index (χ1v) is 7.41. The van der Waals surface area contributed by atoms with Gasteiger partial charge < -0.3 is 15.4 Å². The number of halogens is 1. The quantitative estimate of drug-likeness (QED) is 0.710. The molecule has 2 rings (SSSR count). The molecule has 6 heteroatoms. The second-order valence-corrected chi connectivity index (χ2v) is 5.40. The fraction of sp³-hybridized carbons (Fsp3) is 0.500. The van der Waals surface area contributed by atoms with Crippen molar-refractivity contribution in [3.8, 4) is 0 Å². The Morgan fingerprint density at radius 3 is 2.59 bits per heavy atom. The maximum absolute atomic E-state index is 13.4. The molecule has 2 amide bonds. The molecular formula is C16H21FN2O3. The maximum atomic E-state index is 13.4. The fourth-order valence-electron chi connectivity index (χ4n) is 2.29. The molecule has 0 spiro atoms. The molecule has 0 heterocycles. The van der Waals surface area contributed by atoms with Gasteiger partial charge in [0.05, 0.1) is 11.8 Å². The van der Waals surface area contributed by atoms with Crippen LogP contribution in [0.1, 0.15) is 18.4 Å². The van der Waals surface area contributed by atoms with Crippen LogP contribution in [0.2, 0.25) is 0 Å². The van der Waals surface area contributed by atoms with Crippen LogP contribution in [0.15, 0.2) is 24.3 Å². The molecule has 120 valence electrons. The number of ether oxygens (including phenoxy) is 1. The molecule has 0 aromatic heterocycles. The lowest BCUT2D eigenvalue weighted by atomic mass is 10.2. The van der Waals surface area contributed by atoms with Gasteiger partial charge in [-0.1, -0.05) is 18.2 Å². The number of rotatable bonds is 8. The van der Waals surface area contributed by atoms with E-state index in [2.05, 4.69) is 10.6 Å². The molecule has 22 heavy (non-hydrogen) atoms. The smallest absolute Gasteiger partial charge is 0.224 e. The number of hydrogen-bond acceptors (Lipinski definition) is 3. The standard InChI is InChI=1S/C16H21FN2O3/c1-22-8-4-7-18-15(20)12-9-13(12)16(21)19-10-11-5-2-3-6-14(11)17/h2-3,5-6,12-13H,4,7-10H2,1H3,(H,18,20)(H,19,21). The van der Waals surface area contributed by atoms with Crippen molar-refractivity contribution in [2.45, 2.75) is 19.4 Å². The normalized spacial score (nSPS) is 19.5. The fourth-order valence-corrected chi connectivity index (χ4v) is 2.29. The third-order valence-electron chi connectivity index (χ3n) is 3.70. The van der Waals surface area contributed by atoms with Gasteiger partial charge in [-0.25, -0.2) is 4.39 Å². The molecule has 1 aromatic carbocycles. The van der Waals surface area contributed by atoms with Gasteiger partial charge in [-0.15, -0.1) is 0 Å². The van der Waals surface area contributed by atoms with E-state index in [1.807, 2.05) is 0 Å². The molecule has 1 fully saturated rings. The van der Waals surface area contributed by atoms with Crippen molar-refractivity contribution >= 4 is 11.8 Å². The Bertz CT molecular complexity index is 536. The first-order chi connectivity index (χ1) is 10.6. The summed E-state index contributed by atoms with van der Waals surface area (Å²) in [5.74, 6) is -1.19. The molecule has 5 nitrogen and oxygen atoms in total. The summed E-state index contributed by atoms with van der Waals surface area (Å²) in [6, 6.07) is 6.31. The first-order valence-electron chi connectivity index (χ1n) is 7.41. The number of amides is 2. The van der Waals surface area contributed by atoms with Crippen molar-refractivity contribution in [1.82, 2.24) is 10.6 Å². The highest BCUT2D eigenvalue weighted by Crippen LogP contribution is 2.38. The zero-order valence-electron chi connectivity index (χ0n) is 12.6. The summed E-state index contributed by atoms with van der Waals surface area (Å²) in [6.07, 6.45) is 1.30. The predicted molar refractivity (Wildman–Crippen MR) is 79.3 cm³/mol. The Labute approximate surface area is 129 Å². The summed E-state index contributed by atoms with van der Waals surface area (Å²) in [7, 11) is 1.61. The van der Waals surface area contributed by atoms with E-state index < -0.39 is 0 Å². The van der Waals surface area contributed by atoms with Gasteiger partial charge in [-0.05, 0) is 18.9 Å². The highest BCUT2D eigenvalue weighted by atomic mass is 19.1. The lowest BCUT2D eigenvalue weighted by Crippen LogP contribution is -2.30. The molecule has 1 aliphatic carbocycles. The zero-order chi connectivity index (χ0) is 15.9. The molecule has 0 aliphatic heterocycles. The zero-order valence-corrected chi connectivity index (χ0v) is 12.6. The summed E-state index contributed by atoms with van der Waals surface area (Å²) < 4.78 is 18.3. The molecule has 0 radical (unpaired) electrons. The molecule has 2 atom stereocenters. The summed E-state index contributed by atoms with van der Waals surface area (Å²) in [5.41, 5.74) is 0.442. The number of benzene rings is 1. The van der Waals surface area contributed by atoms with Crippen LogP contribution in [0.3, 0.4) is 0 Å². The van der Waals surface area contributed by atoms with Gasteiger partial charge in [0.1, 0.15) is 5.82 Å². The summed E-state index contributed by atoms with van der Waals surface area (Å²) in [5, 5.41) is 5.47. The van der Waals surface area contributed by atoms with E-state index >= 15 is 0 Å². The van der Waals surface area contributed by atoms with Gasteiger partial charge in [-0.2, -0.15) is 0 Å². The molecule has 0 saturated heterocycles. The van der Waals surface area contributed by atoms with E-state index in [1.165, 1.54) is 6.07 Å². The third kappa shape index (κ3) is 4.53. The largest absolute Gasteiger partial charge is 0.385 e. The third-order valence-corrected chi connectivity index (χ3v) is 3.70. The van der Waals surface area contributed by atoms with Crippen molar-refractivity contribution in [1.29, 1.82) is 0 Å². The van der Waals surface area contributed by atoms with Crippen molar-refractivity contribution in [3.05, 3.63) is 35.6 Å². The molecule has 0 bridgehead atoms. The Morgan fingerprint density at radius 1 is 1.23 bits per heavy atom. The number of carbonyl (C=O) groups is 2. The van der Waals surface area contributed by atoms with Crippen LogP contribution >= 0.6 is 0 Å². The van der Waals surface area contributed by atoms with Crippen molar-refractivity contribution in [2.24, 2.45) is 11.8 Å². The maximum Gasteiger partial charge on any atom is 0.224 e. The Kier molecular flexibility index (Phi) is 5.89. The van der Waals surface area contributed by atoms with Crippen LogP contribution in [0, 0.1) is 17.7 Å². The van der Waals surface area contributed by atoms with Crippen molar-refractivity contribution in [3.63, 3.8) is 0 Å². The van der Waals surface area contributed by atoms with Gasteiger partial charge in [0.25, 0.3) is 0 Å². The molecular weight excluding hydrogens is 287 g/mol. The SMILES string of the molecule is COCCCNC(=O)C1CC1C(=O)NCc1ccccc1F. The predicted octanol–water partition coefficient (Wildman–Crippen LogP) is 1.23. The number of carbonyl (C=O) groups excluding carboxylic acids is 2. The van der Waals surface area contributed by atoms with E-state index in [-0.39, 0.29) is 36.0 Å². The molecule has 2 unspecified atom stereocenters. The van der Waals surface area contributed by atoms with E-state index in [0.29, 0.717) is 25.1 Å². The molecule has 1 aromatic rings. The van der Waals surface area contributed by atoms with Crippen LogP contribution in [0.25, 0.3) is 0 Å². The monoisotopic (exact) mass is 308 g/mol. The average molecular weight is 308 g/mol. The van der Waals surface area contributed by atoms with Crippen molar-refractivity contribution < 1.29 is 18.7 Å². The Morgan fingerprint density at radius 2 is 1.91 bits per heavy atom. The minimum atomic E-state index is -0.342. The van der Waals surface area contributed by atoms with Crippen LogP contribution in [-0.4, -0.2) is 32.1 Å². The second-order valence-electron chi connectivity index (χ2n) is 5.40. The number of methoxy groups -OCH3 is 1. The topological polar surface area (TPSA) is 67.4 Å². The minimum Gasteiger partial charge on any atom is -0.385 e. The van der Waals surface area contributed by atoms with Crippen LogP contribution < -0.4 is 10.6 Å². The molecule has 2 N–H and O–H groups in total. The van der Waals surface area contributed by atoms with Gasteiger partial charge >= 0.3 is 0 Å². The number of hydrogen-bond donors (Lipinski definition) is 2.